The molecule has 0 unspecified atom stereocenters. The van der Waals surface area contributed by atoms with Crippen molar-refractivity contribution in [1.82, 2.24) is 0 Å². The van der Waals surface area contributed by atoms with Crippen LogP contribution >= 0.6 is 0 Å². The molecule has 7 heteroatoms. The van der Waals surface area contributed by atoms with Gasteiger partial charge in [0.05, 0.1) is 30.1 Å². The van der Waals surface area contributed by atoms with Gasteiger partial charge in [-0.2, -0.15) is 0 Å². The van der Waals surface area contributed by atoms with E-state index in [1.807, 2.05) is 0 Å². The van der Waals surface area contributed by atoms with Gasteiger partial charge in [-0.15, -0.1) is 0 Å². The summed E-state index contributed by atoms with van der Waals surface area (Å²) in [5.41, 5.74) is -2.11. The molecule has 0 radical (unpaired) electrons. The number of hydrogen-bond acceptors (Lipinski definition) is 5. The molecule has 2 aliphatic carbocycles. The van der Waals surface area contributed by atoms with Gasteiger partial charge in [-0.3, -0.25) is 0 Å². The Morgan fingerprint density at radius 1 is 0.927 bits per heavy atom. The molecule has 0 amide bonds. The average Bonchev–Trinajstić information content (AvgIpc) is 2.80. The lowest BCUT2D eigenvalue weighted by molar-refractivity contribution is -0.264. The van der Waals surface area contributed by atoms with Crippen molar-refractivity contribution in [2.75, 3.05) is 26.4 Å². The standard InChI is InChI=1S/C34H64O5Si2/c1-15-16-17-25-20-26-21-37-24-34(36)27(29(2,3)4)18-19-32(28(25)35,22-38-40(11,12)30(5,6)7)33(26,34)23-39-41(13,14)31(8,9)10/h18-20,25,27-28,35-36H,15-17,21-24H2,1-14H3/t25-,27+,28-,32+,33+,34-/m0/s1. The summed E-state index contributed by atoms with van der Waals surface area (Å²) in [6.07, 6.45) is 9.03. The van der Waals surface area contributed by atoms with Crippen molar-refractivity contribution in [1.29, 1.82) is 0 Å². The zero-order valence-electron chi connectivity index (χ0n) is 29.0. The number of ether oxygens (including phenoxy) is 1. The van der Waals surface area contributed by atoms with Crippen LogP contribution in [0, 0.1) is 28.1 Å². The number of rotatable bonds is 9. The molecule has 5 nitrogen and oxygen atoms in total. The van der Waals surface area contributed by atoms with Gasteiger partial charge in [0.2, 0.25) is 0 Å². The monoisotopic (exact) mass is 608 g/mol. The molecule has 6 atom stereocenters. The average molecular weight is 609 g/mol. The molecule has 0 aromatic carbocycles. The second-order valence-corrected chi connectivity index (χ2v) is 27.2. The summed E-state index contributed by atoms with van der Waals surface area (Å²) >= 11 is 0. The molecular weight excluding hydrogens is 545 g/mol. The third-order valence-electron chi connectivity index (χ3n) is 11.9. The molecule has 0 bridgehead atoms. The van der Waals surface area contributed by atoms with E-state index in [4.69, 9.17) is 13.6 Å². The fourth-order valence-corrected chi connectivity index (χ4v) is 9.10. The predicted molar refractivity (Wildman–Crippen MR) is 176 cm³/mol. The van der Waals surface area contributed by atoms with Crippen LogP contribution in [0.2, 0.25) is 36.3 Å². The van der Waals surface area contributed by atoms with Gasteiger partial charge in [-0.1, -0.05) is 100 Å². The van der Waals surface area contributed by atoms with Crippen LogP contribution in [0.4, 0.5) is 0 Å². The predicted octanol–water partition coefficient (Wildman–Crippen LogP) is 8.10. The van der Waals surface area contributed by atoms with Crippen LogP contribution in [0.3, 0.4) is 0 Å². The van der Waals surface area contributed by atoms with E-state index >= 15 is 0 Å². The van der Waals surface area contributed by atoms with E-state index in [1.165, 1.54) is 0 Å². The number of aliphatic hydroxyl groups is 2. The first-order valence-corrected chi connectivity index (χ1v) is 21.9. The summed E-state index contributed by atoms with van der Waals surface area (Å²) in [6, 6.07) is 0. The summed E-state index contributed by atoms with van der Waals surface area (Å²) in [7, 11) is -4.41. The second kappa shape index (κ2) is 11.3. The Labute approximate surface area is 254 Å². The van der Waals surface area contributed by atoms with E-state index in [0.29, 0.717) is 19.8 Å². The maximum absolute atomic E-state index is 13.2. The third-order valence-corrected chi connectivity index (χ3v) is 20.8. The van der Waals surface area contributed by atoms with Crippen LogP contribution in [-0.4, -0.2) is 65.0 Å². The van der Waals surface area contributed by atoms with Gasteiger partial charge < -0.3 is 23.8 Å². The van der Waals surface area contributed by atoms with Crippen LogP contribution in [0.25, 0.3) is 0 Å². The van der Waals surface area contributed by atoms with Gasteiger partial charge in [-0.05, 0) is 53.7 Å². The highest BCUT2D eigenvalue weighted by Crippen LogP contribution is 2.68. The third kappa shape index (κ3) is 5.80. The SMILES string of the molecule is CCCC[C@H]1C=C2COC[C@]3(O)[C@@H](C(C)(C)C)C=C[C@@](CO[Si](C)(C)C(C)(C)C)([C@H]1O)[C@@]23CO[Si](C)(C)C(C)(C)C. The number of unbranched alkanes of at least 4 members (excludes halogenated alkanes) is 1. The minimum Gasteiger partial charge on any atom is -0.416 e. The quantitative estimate of drug-likeness (QED) is 0.204. The van der Waals surface area contributed by atoms with Crippen molar-refractivity contribution >= 4 is 16.6 Å². The maximum atomic E-state index is 13.2. The van der Waals surface area contributed by atoms with E-state index < -0.39 is 39.2 Å². The summed E-state index contributed by atoms with van der Waals surface area (Å²) in [5.74, 6) is -0.210. The zero-order chi connectivity index (χ0) is 31.5. The van der Waals surface area contributed by atoms with Crippen molar-refractivity contribution in [3.05, 3.63) is 23.8 Å². The molecule has 0 spiro atoms. The Balaban J connectivity index is 2.35. The maximum Gasteiger partial charge on any atom is 0.192 e. The molecule has 1 fully saturated rings. The molecular formula is C34H64O5Si2. The van der Waals surface area contributed by atoms with Gasteiger partial charge in [-0.25, -0.2) is 0 Å². The van der Waals surface area contributed by atoms with Crippen molar-refractivity contribution in [3.63, 3.8) is 0 Å². The van der Waals surface area contributed by atoms with E-state index in [2.05, 4.69) is 114 Å². The molecule has 0 saturated carbocycles. The Morgan fingerprint density at radius 3 is 1.95 bits per heavy atom. The van der Waals surface area contributed by atoms with Crippen LogP contribution in [0.15, 0.2) is 23.8 Å². The molecule has 41 heavy (non-hydrogen) atoms. The fourth-order valence-electron chi connectivity index (χ4n) is 7.06. The smallest absolute Gasteiger partial charge is 0.192 e. The molecule has 0 aromatic rings. The summed E-state index contributed by atoms with van der Waals surface area (Å²) in [5, 5.41) is 25.9. The zero-order valence-corrected chi connectivity index (χ0v) is 31.0. The first kappa shape index (κ1) is 35.2. The lowest BCUT2D eigenvalue weighted by Gasteiger charge is -2.69. The van der Waals surface area contributed by atoms with E-state index in [0.717, 1.165) is 24.8 Å². The summed E-state index contributed by atoms with van der Waals surface area (Å²) in [6.45, 7) is 32.9. The van der Waals surface area contributed by atoms with Crippen LogP contribution in [0.1, 0.15) is 88.5 Å². The normalized spacial score (nSPS) is 34.8. The number of hydrogen-bond donors (Lipinski definition) is 2. The molecule has 3 aliphatic rings. The van der Waals surface area contributed by atoms with Gasteiger partial charge >= 0.3 is 0 Å². The van der Waals surface area contributed by atoms with E-state index in [1.54, 1.807) is 0 Å². The highest BCUT2D eigenvalue weighted by Gasteiger charge is 2.74. The Kier molecular flexibility index (Phi) is 9.66. The van der Waals surface area contributed by atoms with Crippen molar-refractivity contribution in [2.45, 2.75) is 136 Å². The van der Waals surface area contributed by atoms with Gasteiger partial charge in [0.25, 0.3) is 0 Å². The fraction of sp³-hybridized carbons (Fsp3) is 0.882. The minimum atomic E-state index is -2.22. The largest absolute Gasteiger partial charge is 0.416 e. The Bertz CT molecular complexity index is 998. The van der Waals surface area contributed by atoms with Gasteiger partial charge in [0, 0.05) is 25.0 Å². The van der Waals surface area contributed by atoms with Crippen molar-refractivity contribution in [2.24, 2.45) is 28.1 Å². The Hall–Kier alpha value is -0.286. The summed E-state index contributed by atoms with van der Waals surface area (Å²) < 4.78 is 20.5. The van der Waals surface area contributed by atoms with E-state index in [9.17, 15) is 10.2 Å². The first-order valence-electron chi connectivity index (χ1n) is 16.1. The second-order valence-electron chi connectivity index (χ2n) is 17.6. The molecule has 2 N–H and O–H groups in total. The summed E-state index contributed by atoms with van der Waals surface area (Å²) in [4.78, 5) is 0. The lowest BCUT2D eigenvalue weighted by atomic mass is 9.40. The molecule has 1 aliphatic heterocycles. The van der Waals surface area contributed by atoms with Crippen LogP contribution < -0.4 is 0 Å². The lowest BCUT2D eigenvalue weighted by Crippen LogP contribution is -2.77. The van der Waals surface area contributed by atoms with Crippen molar-refractivity contribution < 1.29 is 23.8 Å². The highest BCUT2D eigenvalue weighted by atomic mass is 28.4. The van der Waals surface area contributed by atoms with Gasteiger partial charge in [0.1, 0.15) is 5.60 Å². The highest BCUT2D eigenvalue weighted by molar-refractivity contribution is 6.74. The van der Waals surface area contributed by atoms with Crippen molar-refractivity contribution in [3.8, 4) is 0 Å². The molecule has 238 valence electrons. The Morgan fingerprint density at radius 2 is 1.46 bits per heavy atom. The molecule has 1 heterocycles. The first-order chi connectivity index (χ1) is 18.4. The van der Waals surface area contributed by atoms with Crippen LogP contribution in [0.5, 0.6) is 0 Å². The molecule has 0 aromatic heterocycles. The molecule has 3 rings (SSSR count). The topological polar surface area (TPSA) is 68.2 Å². The van der Waals surface area contributed by atoms with Crippen LogP contribution in [-0.2, 0) is 13.6 Å². The minimum absolute atomic E-state index is 0.0113. The van der Waals surface area contributed by atoms with E-state index in [-0.39, 0.29) is 33.9 Å². The number of aliphatic hydroxyl groups excluding tert-OH is 1. The van der Waals surface area contributed by atoms with Gasteiger partial charge in [0.15, 0.2) is 16.6 Å². The molecule has 1 saturated heterocycles.